The Morgan fingerprint density at radius 1 is 1.20 bits per heavy atom. The number of amides is 2. The van der Waals surface area contributed by atoms with Crippen molar-refractivity contribution in [1.29, 1.82) is 0 Å². The van der Waals surface area contributed by atoms with E-state index in [0.717, 1.165) is 16.9 Å². The number of aromatic nitrogens is 1. The van der Waals surface area contributed by atoms with Crippen LogP contribution < -0.4 is 15.8 Å². The zero-order valence-corrected chi connectivity index (χ0v) is 14.6. The molecule has 130 valence electrons. The number of carbonyl (C=O) groups excluding carboxylic acids is 2. The molecule has 0 saturated heterocycles. The van der Waals surface area contributed by atoms with Gasteiger partial charge in [-0.05, 0) is 24.6 Å². The molecule has 0 fully saturated rings. The Balaban J connectivity index is 1.77. The monoisotopic (exact) mass is 339 g/mol. The third-order valence-electron chi connectivity index (χ3n) is 4.71. The van der Waals surface area contributed by atoms with Crippen molar-refractivity contribution in [2.24, 2.45) is 7.05 Å². The number of para-hydroxylation sites is 1. The molecule has 1 N–H and O–H groups in total. The number of pyridine rings is 1. The van der Waals surface area contributed by atoms with E-state index in [-0.39, 0.29) is 23.9 Å². The number of anilines is 1. The minimum atomic E-state index is -0.579. The predicted octanol–water partition coefficient (Wildman–Crippen LogP) is 1.29. The molecule has 1 atom stereocenters. The van der Waals surface area contributed by atoms with Crippen LogP contribution in [-0.4, -0.2) is 22.4 Å². The molecule has 6 heteroatoms. The molecule has 2 heterocycles. The highest BCUT2D eigenvalue weighted by Gasteiger charge is 2.36. The largest absolute Gasteiger partial charge is 0.350 e. The number of hydrogen-bond acceptors (Lipinski definition) is 3. The fraction of sp³-hybridized carbons (Fsp3) is 0.316. The van der Waals surface area contributed by atoms with E-state index in [9.17, 15) is 14.4 Å². The van der Waals surface area contributed by atoms with Crippen molar-refractivity contribution < 1.29 is 9.59 Å². The molecule has 0 radical (unpaired) electrons. The van der Waals surface area contributed by atoms with Crippen LogP contribution in [0.5, 0.6) is 0 Å². The lowest BCUT2D eigenvalue weighted by Gasteiger charge is -2.23. The number of fused-ring (bicyclic) bond motifs is 1. The summed E-state index contributed by atoms with van der Waals surface area (Å²) >= 11 is 0. The summed E-state index contributed by atoms with van der Waals surface area (Å²) in [6.07, 6.45) is 0.480. The smallest absolute Gasteiger partial charge is 0.255 e. The molecule has 1 aromatic carbocycles. The summed E-state index contributed by atoms with van der Waals surface area (Å²) in [5.74, 6) is -0.426. The maximum atomic E-state index is 12.7. The van der Waals surface area contributed by atoms with Gasteiger partial charge in [-0.15, -0.1) is 0 Å². The number of hydrogen-bond donors (Lipinski definition) is 1. The first kappa shape index (κ1) is 17.0. The van der Waals surface area contributed by atoms with Crippen molar-refractivity contribution in [1.82, 2.24) is 9.88 Å². The molecule has 2 aromatic rings. The van der Waals surface area contributed by atoms with Gasteiger partial charge in [0, 0.05) is 43.9 Å². The second-order valence-electron chi connectivity index (χ2n) is 6.32. The molecule has 1 aliphatic rings. The van der Waals surface area contributed by atoms with Crippen LogP contribution >= 0.6 is 0 Å². The summed E-state index contributed by atoms with van der Waals surface area (Å²) in [5.41, 5.74) is 3.00. The van der Waals surface area contributed by atoms with E-state index in [4.69, 9.17) is 0 Å². The Morgan fingerprint density at radius 2 is 1.92 bits per heavy atom. The van der Waals surface area contributed by atoms with Gasteiger partial charge in [0.2, 0.25) is 11.8 Å². The summed E-state index contributed by atoms with van der Waals surface area (Å²) in [5, 5.41) is 2.80. The van der Waals surface area contributed by atoms with Crippen LogP contribution in [0, 0.1) is 6.92 Å². The summed E-state index contributed by atoms with van der Waals surface area (Å²) in [7, 11) is 1.70. The topological polar surface area (TPSA) is 71.4 Å². The standard InChI is InChI=1S/C19H21N3O3/c1-12-8-9-15(19(25)21(12)3)11-20-18(24)17-10-14-6-4-5-7-16(14)22(17)13(2)23/h4-9,17H,10-11H2,1-3H3,(H,20,24)/t17-/m0/s1. The highest BCUT2D eigenvalue weighted by Crippen LogP contribution is 2.32. The molecule has 0 bridgehead atoms. The lowest BCUT2D eigenvalue weighted by molar-refractivity contribution is -0.125. The number of carbonyl (C=O) groups is 2. The third kappa shape index (κ3) is 3.07. The van der Waals surface area contributed by atoms with Crippen LogP contribution in [0.4, 0.5) is 5.69 Å². The first-order valence-electron chi connectivity index (χ1n) is 8.21. The van der Waals surface area contributed by atoms with Gasteiger partial charge in [-0.2, -0.15) is 0 Å². The number of benzene rings is 1. The van der Waals surface area contributed by atoms with Crippen LogP contribution in [0.2, 0.25) is 0 Å². The van der Waals surface area contributed by atoms with E-state index in [1.807, 2.05) is 37.3 Å². The number of rotatable bonds is 3. The van der Waals surface area contributed by atoms with E-state index in [1.165, 1.54) is 11.8 Å². The molecule has 1 aliphatic heterocycles. The molecule has 0 spiro atoms. The highest BCUT2D eigenvalue weighted by atomic mass is 16.2. The fourth-order valence-electron chi connectivity index (χ4n) is 3.20. The maximum absolute atomic E-state index is 12.7. The lowest BCUT2D eigenvalue weighted by Crippen LogP contribution is -2.47. The lowest BCUT2D eigenvalue weighted by atomic mass is 10.1. The van der Waals surface area contributed by atoms with Crippen molar-refractivity contribution in [3.63, 3.8) is 0 Å². The minimum absolute atomic E-state index is 0.126. The van der Waals surface area contributed by atoms with Crippen molar-refractivity contribution in [2.45, 2.75) is 32.9 Å². The Morgan fingerprint density at radius 3 is 2.64 bits per heavy atom. The van der Waals surface area contributed by atoms with Crippen molar-refractivity contribution in [3.8, 4) is 0 Å². The van der Waals surface area contributed by atoms with Gasteiger partial charge in [-0.1, -0.05) is 24.3 Å². The average Bonchev–Trinajstić information content (AvgIpc) is 2.98. The van der Waals surface area contributed by atoms with E-state index in [2.05, 4.69) is 5.32 Å². The molecule has 1 aromatic heterocycles. The van der Waals surface area contributed by atoms with E-state index < -0.39 is 6.04 Å². The molecule has 0 aliphatic carbocycles. The first-order chi connectivity index (χ1) is 11.9. The van der Waals surface area contributed by atoms with Crippen LogP contribution in [0.1, 0.15) is 23.7 Å². The fourth-order valence-corrected chi connectivity index (χ4v) is 3.20. The Bertz CT molecular complexity index is 901. The van der Waals surface area contributed by atoms with Gasteiger partial charge >= 0.3 is 0 Å². The molecule has 3 rings (SSSR count). The van der Waals surface area contributed by atoms with Crippen LogP contribution in [0.3, 0.4) is 0 Å². The van der Waals surface area contributed by atoms with Crippen molar-refractivity contribution in [3.05, 3.63) is 63.6 Å². The zero-order chi connectivity index (χ0) is 18.1. The Kier molecular flexibility index (Phi) is 4.44. The predicted molar refractivity (Wildman–Crippen MR) is 95.4 cm³/mol. The van der Waals surface area contributed by atoms with Gasteiger partial charge in [-0.3, -0.25) is 19.3 Å². The first-order valence-corrected chi connectivity index (χ1v) is 8.21. The third-order valence-corrected chi connectivity index (χ3v) is 4.71. The zero-order valence-electron chi connectivity index (χ0n) is 14.6. The Labute approximate surface area is 146 Å². The van der Waals surface area contributed by atoms with Gasteiger partial charge < -0.3 is 9.88 Å². The van der Waals surface area contributed by atoms with Crippen LogP contribution in [0.25, 0.3) is 0 Å². The minimum Gasteiger partial charge on any atom is -0.350 e. The van der Waals surface area contributed by atoms with Gasteiger partial charge in [0.15, 0.2) is 0 Å². The van der Waals surface area contributed by atoms with E-state index >= 15 is 0 Å². The van der Waals surface area contributed by atoms with Gasteiger partial charge in [0.25, 0.3) is 5.56 Å². The van der Waals surface area contributed by atoms with E-state index in [1.54, 1.807) is 17.7 Å². The van der Waals surface area contributed by atoms with Gasteiger partial charge in [-0.25, -0.2) is 0 Å². The Hall–Kier alpha value is -2.89. The summed E-state index contributed by atoms with van der Waals surface area (Å²) in [6, 6.07) is 10.5. The summed E-state index contributed by atoms with van der Waals surface area (Å²) in [4.78, 5) is 38.4. The second kappa shape index (κ2) is 6.55. The van der Waals surface area contributed by atoms with Crippen LogP contribution in [-0.2, 0) is 29.6 Å². The SMILES string of the molecule is CC(=O)N1c2ccccc2C[C@H]1C(=O)NCc1ccc(C)n(C)c1=O. The second-order valence-corrected chi connectivity index (χ2v) is 6.32. The summed E-state index contributed by atoms with van der Waals surface area (Å²) in [6.45, 7) is 3.45. The number of nitrogens with one attached hydrogen (secondary N) is 1. The molecule has 2 amide bonds. The maximum Gasteiger partial charge on any atom is 0.255 e. The average molecular weight is 339 g/mol. The van der Waals surface area contributed by atoms with Gasteiger partial charge in [0.05, 0.1) is 0 Å². The van der Waals surface area contributed by atoms with Gasteiger partial charge in [0.1, 0.15) is 6.04 Å². The quantitative estimate of drug-likeness (QED) is 0.916. The summed E-state index contributed by atoms with van der Waals surface area (Å²) < 4.78 is 1.55. The molecule has 25 heavy (non-hydrogen) atoms. The van der Waals surface area contributed by atoms with E-state index in [0.29, 0.717) is 12.0 Å². The normalized spacial score (nSPS) is 15.8. The molecular formula is C19H21N3O3. The number of nitrogens with zero attached hydrogens (tertiary/aromatic N) is 2. The van der Waals surface area contributed by atoms with Crippen molar-refractivity contribution in [2.75, 3.05) is 4.90 Å². The van der Waals surface area contributed by atoms with Crippen molar-refractivity contribution >= 4 is 17.5 Å². The molecule has 0 unspecified atom stereocenters. The highest BCUT2D eigenvalue weighted by molar-refractivity contribution is 6.02. The molecular weight excluding hydrogens is 318 g/mol. The molecule has 6 nitrogen and oxygen atoms in total. The number of aryl methyl sites for hydroxylation is 1. The van der Waals surface area contributed by atoms with Crippen LogP contribution in [0.15, 0.2) is 41.2 Å². The molecule has 0 saturated carbocycles.